The molecular weight excluding hydrogens is 342 g/mol. The van der Waals surface area contributed by atoms with Gasteiger partial charge in [0.2, 0.25) is 5.91 Å². The highest BCUT2D eigenvalue weighted by atomic mass is 32.1. The second kappa shape index (κ2) is 5.97. The number of hydrogen-bond donors (Lipinski definition) is 0. The predicted molar refractivity (Wildman–Crippen MR) is 95.3 cm³/mol. The molecule has 2 aromatic rings. The van der Waals surface area contributed by atoms with E-state index in [0.29, 0.717) is 18.8 Å². The fourth-order valence-electron chi connectivity index (χ4n) is 3.74. The average molecular weight is 361 g/mol. The minimum Gasteiger partial charge on any atom is -0.345 e. The third kappa shape index (κ3) is 2.56. The van der Waals surface area contributed by atoms with Gasteiger partial charge in [-0.1, -0.05) is 6.07 Å². The van der Waals surface area contributed by atoms with Crippen LogP contribution in [0, 0.1) is 5.41 Å². The average Bonchev–Trinajstić information content (AvgIpc) is 3.31. The summed E-state index contributed by atoms with van der Waals surface area (Å²) in [6.45, 7) is 2.00. The van der Waals surface area contributed by atoms with E-state index in [-0.39, 0.29) is 17.2 Å². The molecule has 0 bridgehead atoms. The number of rotatable bonds is 2. The van der Waals surface area contributed by atoms with Crippen molar-refractivity contribution in [1.29, 1.82) is 0 Å². The first kappa shape index (κ1) is 15.8. The molecule has 1 spiro atoms. The summed E-state index contributed by atoms with van der Waals surface area (Å²) in [5, 5.41) is 4.72. The maximum atomic E-state index is 12.8. The first-order valence-corrected chi connectivity index (χ1v) is 9.89. The summed E-state index contributed by atoms with van der Waals surface area (Å²) in [5.74, 6) is 0.147. The Morgan fingerprint density at radius 2 is 2.17 bits per heavy atom. The lowest BCUT2D eigenvalue weighted by Gasteiger charge is -2.37. The van der Waals surface area contributed by atoms with Crippen LogP contribution in [0.5, 0.6) is 0 Å². The van der Waals surface area contributed by atoms with Crippen molar-refractivity contribution in [2.24, 2.45) is 5.41 Å². The maximum Gasteiger partial charge on any atom is 0.273 e. The quantitative estimate of drug-likeness (QED) is 0.826. The Balaban J connectivity index is 1.51. The summed E-state index contributed by atoms with van der Waals surface area (Å²) < 4.78 is 0. The molecule has 2 fully saturated rings. The second-order valence-corrected chi connectivity index (χ2v) is 8.41. The van der Waals surface area contributed by atoms with Crippen LogP contribution < -0.4 is 0 Å². The first-order chi connectivity index (χ1) is 11.6. The van der Waals surface area contributed by atoms with Crippen molar-refractivity contribution in [3.63, 3.8) is 0 Å². The fraction of sp³-hybridized carbons (Fsp3) is 0.471. The molecule has 7 heteroatoms. The number of amides is 2. The van der Waals surface area contributed by atoms with Gasteiger partial charge in [-0.2, -0.15) is 0 Å². The normalized spacial score (nSPS) is 24.1. The Hall–Kier alpha value is -1.73. The van der Waals surface area contributed by atoms with Gasteiger partial charge in [0.05, 0.1) is 10.3 Å². The lowest BCUT2D eigenvalue weighted by molar-refractivity contribution is -0.143. The Bertz CT molecular complexity index is 771. The molecule has 2 aromatic heterocycles. The molecule has 2 aliphatic rings. The number of thiophene rings is 1. The summed E-state index contributed by atoms with van der Waals surface area (Å²) in [5.41, 5.74) is 0.131. The van der Waals surface area contributed by atoms with E-state index in [0.717, 1.165) is 35.7 Å². The van der Waals surface area contributed by atoms with Gasteiger partial charge in [0, 0.05) is 32.1 Å². The molecule has 4 heterocycles. The third-order valence-corrected chi connectivity index (χ3v) is 6.93. The van der Waals surface area contributed by atoms with Crippen molar-refractivity contribution in [2.75, 3.05) is 26.7 Å². The van der Waals surface area contributed by atoms with Gasteiger partial charge in [-0.3, -0.25) is 9.59 Å². The van der Waals surface area contributed by atoms with Gasteiger partial charge < -0.3 is 9.80 Å². The van der Waals surface area contributed by atoms with Gasteiger partial charge in [-0.15, -0.1) is 22.7 Å². The summed E-state index contributed by atoms with van der Waals surface area (Å²) >= 11 is 3.12. The van der Waals surface area contributed by atoms with Gasteiger partial charge in [-0.25, -0.2) is 4.98 Å². The number of nitrogens with zero attached hydrogens (tertiary/aromatic N) is 3. The Labute approximate surface area is 148 Å². The molecule has 0 aliphatic carbocycles. The molecule has 1 unspecified atom stereocenters. The largest absolute Gasteiger partial charge is 0.345 e. The lowest BCUT2D eigenvalue weighted by Crippen LogP contribution is -2.48. The van der Waals surface area contributed by atoms with Crippen molar-refractivity contribution < 1.29 is 9.59 Å². The number of piperidine rings is 1. The van der Waals surface area contributed by atoms with Crippen molar-refractivity contribution in [2.45, 2.75) is 19.3 Å². The van der Waals surface area contributed by atoms with Crippen LogP contribution in [0.15, 0.2) is 22.9 Å². The van der Waals surface area contributed by atoms with Crippen molar-refractivity contribution in [3.05, 3.63) is 28.6 Å². The highest BCUT2D eigenvalue weighted by Crippen LogP contribution is 2.40. The van der Waals surface area contributed by atoms with Crippen LogP contribution in [0.4, 0.5) is 0 Å². The summed E-state index contributed by atoms with van der Waals surface area (Å²) in [6.07, 6.45) is 2.67. The van der Waals surface area contributed by atoms with E-state index < -0.39 is 0 Å². The third-order valence-electron chi connectivity index (χ3n) is 5.05. The van der Waals surface area contributed by atoms with E-state index in [2.05, 4.69) is 4.98 Å². The highest BCUT2D eigenvalue weighted by molar-refractivity contribution is 7.20. The van der Waals surface area contributed by atoms with E-state index >= 15 is 0 Å². The zero-order valence-electron chi connectivity index (χ0n) is 13.5. The number of hydrogen-bond acceptors (Lipinski definition) is 5. The summed E-state index contributed by atoms with van der Waals surface area (Å²) in [7, 11) is 1.86. The molecule has 4 rings (SSSR count). The topological polar surface area (TPSA) is 53.5 Å². The number of likely N-dealkylation sites (tertiary alicyclic amines) is 2. The zero-order valence-corrected chi connectivity index (χ0v) is 15.2. The molecule has 2 saturated heterocycles. The van der Waals surface area contributed by atoms with Crippen LogP contribution in [0.25, 0.3) is 9.88 Å². The lowest BCUT2D eigenvalue weighted by atomic mass is 9.78. The van der Waals surface area contributed by atoms with Gasteiger partial charge in [0.25, 0.3) is 5.91 Å². The van der Waals surface area contributed by atoms with Gasteiger partial charge in [0.1, 0.15) is 10.7 Å². The predicted octanol–water partition coefficient (Wildman–Crippen LogP) is 2.96. The molecular formula is C17H19N3O2S2. The minimum atomic E-state index is -0.366. The Morgan fingerprint density at radius 3 is 2.96 bits per heavy atom. The number of aromatic nitrogens is 1. The summed E-state index contributed by atoms with van der Waals surface area (Å²) in [6, 6.07) is 4.00. The Morgan fingerprint density at radius 1 is 1.29 bits per heavy atom. The molecule has 2 aliphatic heterocycles. The van der Waals surface area contributed by atoms with Crippen molar-refractivity contribution >= 4 is 34.5 Å². The molecule has 24 heavy (non-hydrogen) atoms. The van der Waals surface area contributed by atoms with Crippen LogP contribution in [0.3, 0.4) is 0 Å². The van der Waals surface area contributed by atoms with E-state index in [4.69, 9.17) is 0 Å². The highest BCUT2D eigenvalue weighted by Gasteiger charge is 2.48. The molecule has 0 radical (unpaired) electrons. The standard InChI is InChI=1S/C17H19N3O2S2/c1-19-7-3-5-17(16(19)22)6-8-20(11-17)15(21)12-10-24-14(18-12)13-4-2-9-23-13/h2,4,9-10H,3,5-8,11H2,1H3. The van der Waals surface area contributed by atoms with Crippen LogP contribution >= 0.6 is 22.7 Å². The smallest absolute Gasteiger partial charge is 0.273 e. The van der Waals surface area contributed by atoms with E-state index in [9.17, 15) is 9.59 Å². The van der Waals surface area contributed by atoms with E-state index in [1.165, 1.54) is 11.3 Å². The maximum absolute atomic E-state index is 12.8. The van der Waals surface area contributed by atoms with Gasteiger partial charge in [0.15, 0.2) is 0 Å². The zero-order chi connectivity index (χ0) is 16.7. The van der Waals surface area contributed by atoms with Gasteiger partial charge in [-0.05, 0) is 30.7 Å². The first-order valence-electron chi connectivity index (χ1n) is 8.13. The Kier molecular flexibility index (Phi) is 3.92. The van der Waals surface area contributed by atoms with Crippen molar-refractivity contribution in [3.8, 4) is 9.88 Å². The molecule has 0 saturated carbocycles. The van der Waals surface area contributed by atoms with E-state index in [1.54, 1.807) is 11.3 Å². The number of carbonyl (C=O) groups is 2. The monoisotopic (exact) mass is 361 g/mol. The van der Waals surface area contributed by atoms with Crippen LogP contribution in [-0.2, 0) is 4.79 Å². The van der Waals surface area contributed by atoms with Gasteiger partial charge >= 0.3 is 0 Å². The van der Waals surface area contributed by atoms with Crippen LogP contribution in [0.2, 0.25) is 0 Å². The van der Waals surface area contributed by atoms with E-state index in [1.807, 2.05) is 39.7 Å². The summed E-state index contributed by atoms with van der Waals surface area (Å²) in [4.78, 5) is 34.6. The SMILES string of the molecule is CN1CCCC2(CCN(C(=O)c3csc(-c4cccs4)n3)C2)C1=O. The molecule has 0 N–H and O–H groups in total. The molecule has 126 valence electrons. The second-order valence-electron chi connectivity index (χ2n) is 6.60. The van der Waals surface area contributed by atoms with Crippen LogP contribution in [-0.4, -0.2) is 53.3 Å². The fourth-order valence-corrected chi connectivity index (χ4v) is 5.35. The molecule has 5 nitrogen and oxygen atoms in total. The molecule has 0 aromatic carbocycles. The van der Waals surface area contributed by atoms with Crippen molar-refractivity contribution in [1.82, 2.24) is 14.8 Å². The number of carbonyl (C=O) groups excluding carboxylic acids is 2. The molecule has 1 atom stereocenters. The van der Waals surface area contributed by atoms with Crippen LogP contribution in [0.1, 0.15) is 29.8 Å². The minimum absolute atomic E-state index is 0.0491. The number of thiazole rings is 1. The molecule has 2 amide bonds.